The van der Waals surface area contributed by atoms with Gasteiger partial charge in [-0.05, 0) is 36.4 Å². The lowest BCUT2D eigenvalue weighted by atomic mass is 10.1. The number of nitrogens with zero attached hydrogens (tertiary/aromatic N) is 3. The van der Waals surface area contributed by atoms with E-state index in [2.05, 4.69) is 10.2 Å². The molecule has 2 aromatic carbocycles. The van der Waals surface area contributed by atoms with Gasteiger partial charge in [0, 0.05) is 23.2 Å². The molecule has 128 valence electrons. The van der Waals surface area contributed by atoms with Gasteiger partial charge in [0.05, 0.1) is 12.9 Å². The van der Waals surface area contributed by atoms with Crippen LogP contribution >= 0.6 is 23.4 Å². The molecule has 0 amide bonds. The lowest BCUT2D eigenvalue weighted by Gasteiger charge is -2.05. The van der Waals surface area contributed by atoms with E-state index in [-0.39, 0.29) is 11.5 Å². The van der Waals surface area contributed by atoms with Crippen molar-refractivity contribution < 1.29 is 9.53 Å². The number of carbonyl (C=O) groups excluding carboxylic acids is 1. The number of ether oxygens (including phenoxy) is 1. The summed E-state index contributed by atoms with van der Waals surface area (Å²) < 4.78 is 7.02. The van der Waals surface area contributed by atoms with E-state index < -0.39 is 0 Å². The molecule has 5 nitrogen and oxygen atoms in total. The van der Waals surface area contributed by atoms with E-state index in [9.17, 15) is 4.79 Å². The maximum absolute atomic E-state index is 12.4. The number of benzene rings is 2. The highest BCUT2D eigenvalue weighted by molar-refractivity contribution is 7.99. The average molecular weight is 374 g/mol. The minimum absolute atomic E-state index is 0.0138. The van der Waals surface area contributed by atoms with Gasteiger partial charge in [0.15, 0.2) is 16.8 Å². The molecular weight excluding hydrogens is 358 g/mol. The fourth-order valence-corrected chi connectivity index (χ4v) is 3.23. The molecule has 0 atom stereocenters. The summed E-state index contributed by atoms with van der Waals surface area (Å²) in [5.41, 5.74) is 1.54. The monoisotopic (exact) mass is 373 g/mol. The number of ketones is 1. The van der Waals surface area contributed by atoms with Gasteiger partial charge in [-0.1, -0.05) is 35.5 Å². The van der Waals surface area contributed by atoms with E-state index in [1.54, 1.807) is 25.3 Å². The second-order valence-electron chi connectivity index (χ2n) is 5.32. The Labute approximate surface area is 155 Å². The van der Waals surface area contributed by atoms with Crippen molar-refractivity contribution in [2.24, 2.45) is 7.05 Å². The highest BCUT2D eigenvalue weighted by Gasteiger charge is 2.14. The number of hydrogen-bond acceptors (Lipinski definition) is 5. The first-order chi connectivity index (χ1) is 12.1. The molecule has 0 bridgehead atoms. The van der Waals surface area contributed by atoms with E-state index in [0.717, 1.165) is 11.4 Å². The third-order valence-electron chi connectivity index (χ3n) is 3.66. The molecule has 3 aromatic rings. The largest absolute Gasteiger partial charge is 0.497 e. The van der Waals surface area contributed by atoms with Gasteiger partial charge in [0.1, 0.15) is 5.75 Å². The van der Waals surface area contributed by atoms with Gasteiger partial charge < -0.3 is 9.30 Å². The number of hydrogen-bond donors (Lipinski definition) is 0. The van der Waals surface area contributed by atoms with E-state index in [1.807, 2.05) is 41.9 Å². The molecule has 0 saturated carbocycles. The quantitative estimate of drug-likeness (QED) is 0.480. The maximum atomic E-state index is 12.4. The molecular formula is C18H16ClN3O2S. The third-order valence-corrected chi connectivity index (χ3v) is 4.93. The average Bonchev–Trinajstić information content (AvgIpc) is 3.01. The summed E-state index contributed by atoms with van der Waals surface area (Å²) in [5, 5.41) is 9.74. The fourth-order valence-electron chi connectivity index (χ4n) is 2.30. The van der Waals surface area contributed by atoms with Crippen molar-refractivity contribution in [1.29, 1.82) is 0 Å². The summed E-state index contributed by atoms with van der Waals surface area (Å²) in [7, 11) is 3.46. The van der Waals surface area contributed by atoms with E-state index in [4.69, 9.17) is 16.3 Å². The van der Waals surface area contributed by atoms with Crippen LogP contribution in [0.25, 0.3) is 11.4 Å². The van der Waals surface area contributed by atoms with Crippen LogP contribution in [0.15, 0.2) is 53.7 Å². The molecule has 0 spiro atoms. The van der Waals surface area contributed by atoms with E-state index in [1.165, 1.54) is 11.8 Å². The molecule has 1 aromatic heterocycles. The molecule has 0 aliphatic rings. The molecule has 0 radical (unpaired) electrons. The number of Topliss-reactive ketones (excluding diaryl/α,β-unsaturated/α-hetero) is 1. The van der Waals surface area contributed by atoms with Crippen molar-refractivity contribution in [2.45, 2.75) is 5.16 Å². The van der Waals surface area contributed by atoms with Crippen LogP contribution in [-0.4, -0.2) is 33.4 Å². The lowest BCUT2D eigenvalue weighted by molar-refractivity contribution is 0.102. The van der Waals surface area contributed by atoms with Gasteiger partial charge in [-0.2, -0.15) is 0 Å². The molecule has 25 heavy (non-hydrogen) atoms. The van der Waals surface area contributed by atoms with Gasteiger partial charge in [0.25, 0.3) is 0 Å². The fraction of sp³-hybridized carbons (Fsp3) is 0.167. The van der Waals surface area contributed by atoms with Crippen LogP contribution in [0, 0.1) is 0 Å². The Bertz CT molecular complexity index is 894. The van der Waals surface area contributed by atoms with Crippen molar-refractivity contribution in [3.63, 3.8) is 0 Å². The molecule has 7 heteroatoms. The number of thioether (sulfide) groups is 1. The number of aromatic nitrogens is 3. The van der Waals surface area contributed by atoms with Crippen LogP contribution in [0.3, 0.4) is 0 Å². The maximum Gasteiger partial charge on any atom is 0.191 e. The van der Waals surface area contributed by atoms with Crippen molar-refractivity contribution in [3.05, 3.63) is 59.1 Å². The first-order valence-corrected chi connectivity index (χ1v) is 8.90. The Hall–Kier alpha value is -2.31. The van der Waals surface area contributed by atoms with Crippen LogP contribution in [0.2, 0.25) is 5.02 Å². The molecule has 0 aliphatic carbocycles. The number of rotatable bonds is 6. The molecule has 3 rings (SSSR count). The molecule has 0 aliphatic heterocycles. The van der Waals surface area contributed by atoms with Gasteiger partial charge >= 0.3 is 0 Å². The van der Waals surface area contributed by atoms with Gasteiger partial charge in [-0.25, -0.2) is 0 Å². The van der Waals surface area contributed by atoms with Gasteiger partial charge in [-0.3, -0.25) is 4.79 Å². The van der Waals surface area contributed by atoms with Crippen LogP contribution in [-0.2, 0) is 7.05 Å². The number of methoxy groups -OCH3 is 1. The van der Waals surface area contributed by atoms with Crippen molar-refractivity contribution in [3.8, 4) is 17.1 Å². The first-order valence-electron chi connectivity index (χ1n) is 7.54. The van der Waals surface area contributed by atoms with Crippen molar-refractivity contribution >= 4 is 29.1 Å². The molecule has 0 fully saturated rings. The smallest absolute Gasteiger partial charge is 0.191 e. The van der Waals surface area contributed by atoms with E-state index >= 15 is 0 Å². The lowest BCUT2D eigenvalue weighted by Crippen LogP contribution is -2.04. The standard InChI is InChI=1S/C18H16ClN3O2S/c1-22-17(12-6-8-14(19)9-7-12)20-21-18(22)25-11-16(23)13-4-3-5-15(10-13)24-2/h3-10H,11H2,1-2H3. The van der Waals surface area contributed by atoms with Gasteiger partial charge in [-0.15, -0.1) is 10.2 Å². The topological polar surface area (TPSA) is 57.0 Å². The van der Waals surface area contributed by atoms with Crippen LogP contribution in [0.4, 0.5) is 0 Å². The second-order valence-corrected chi connectivity index (χ2v) is 6.69. The summed E-state index contributed by atoms with van der Waals surface area (Å²) in [6.45, 7) is 0. The Kier molecular flexibility index (Phi) is 5.40. The summed E-state index contributed by atoms with van der Waals surface area (Å²) in [4.78, 5) is 12.4. The minimum Gasteiger partial charge on any atom is -0.497 e. The van der Waals surface area contributed by atoms with Crippen molar-refractivity contribution in [2.75, 3.05) is 12.9 Å². The number of carbonyl (C=O) groups is 1. The zero-order valence-electron chi connectivity index (χ0n) is 13.8. The molecule has 0 saturated heterocycles. The highest BCUT2D eigenvalue weighted by atomic mass is 35.5. The molecule has 0 unspecified atom stereocenters. The third kappa shape index (κ3) is 4.03. The second kappa shape index (κ2) is 7.72. The van der Waals surface area contributed by atoms with Crippen LogP contribution < -0.4 is 4.74 Å². The predicted molar refractivity (Wildman–Crippen MR) is 99.5 cm³/mol. The zero-order chi connectivity index (χ0) is 17.8. The number of halogens is 1. The Morgan fingerprint density at radius 2 is 1.96 bits per heavy atom. The predicted octanol–water partition coefficient (Wildman–Crippen LogP) is 4.12. The summed E-state index contributed by atoms with van der Waals surface area (Å²) in [6.07, 6.45) is 0. The SMILES string of the molecule is COc1cccc(C(=O)CSc2nnc(-c3ccc(Cl)cc3)n2C)c1. The molecule has 0 N–H and O–H groups in total. The van der Waals surface area contributed by atoms with Crippen LogP contribution in [0.1, 0.15) is 10.4 Å². The van der Waals surface area contributed by atoms with E-state index in [0.29, 0.717) is 21.5 Å². The Morgan fingerprint density at radius 3 is 2.68 bits per heavy atom. The summed E-state index contributed by atoms with van der Waals surface area (Å²) in [6, 6.07) is 14.5. The zero-order valence-corrected chi connectivity index (χ0v) is 15.3. The molecule has 1 heterocycles. The summed E-state index contributed by atoms with van der Waals surface area (Å²) >= 11 is 7.27. The van der Waals surface area contributed by atoms with Gasteiger partial charge in [0.2, 0.25) is 0 Å². The minimum atomic E-state index is 0.0138. The Balaban J connectivity index is 1.71. The van der Waals surface area contributed by atoms with Crippen LogP contribution in [0.5, 0.6) is 5.75 Å². The van der Waals surface area contributed by atoms with Crippen molar-refractivity contribution in [1.82, 2.24) is 14.8 Å². The first kappa shape index (κ1) is 17.5. The summed E-state index contributed by atoms with van der Waals surface area (Å²) in [5.74, 6) is 1.69. The Morgan fingerprint density at radius 1 is 1.20 bits per heavy atom. The normalized spacial score (nSPS) is 10.7. The highest BCUT2D eigenvalue weighted by Crippen LogP contribution is 2.24.